The van der Waals surface area contributed by atoms with Gasteiger partial charge in [0.2, 0.25) is 5.91 Å². The van der Waals surface area contributed by atoms with E-state index in [-0.39, 0.29) is 17.8 Å². The summed E-state index contributed by atoms with van der Waals surface area (Å²) in [6, 6.07) is 17.6. The van der Waals surface area contributed by atoms with E-state index in [1.807, 2.05) is 55.1 Å². The van der Waals surface area contributed by atoms with Gasteiger partial charge in [0.1, 0.15) is 17.4 Å². The molecule has 0 saturated heterocycles. The van der Waals surface area contributed by atoms with Gasteiger partial charge in [0.25, 0.3) is 0 Å². The lowest BCUT2D eigenvalue weighted by Crippen LogP contribution is -2.34. The summed E-state index contributed by atoms with van der Waals surface area (Å²) in [6.45, 7) is 4.77. The number of carbonyl (C=O) groups excluding carboxylic acids is 1. The number of nitrogens with one attached hydrogen (secondary N) is 1. The van der Waals surface area contributed by atoms with Crippen molar-refractivity contribution in [2.45, 2.75) is 32.9 Å². The maximum absolute atomic E-state index is 13.4. The molecule has 0 unspecified atom stereocenters. The van der Waals surface area contributed by atoms with Crippen molar-refractivity contribution < 1.29 is 13.6 Å². The molecule has 7 heteroatoms. The molecule has 32 heavy (non-hydrogen) atoms. The molecule has 0 aliphatic rings. The van der Waals surface area contributed by atoms with Crippen molar-refractivity contribution in [2.24, 2.45) is 0 Å². The molecule has 2 aromatic heterocycles. The first-order chi connectivity index (χ1) is 15.5. The zero-order valence-electron chi connectivity index (χ0n) is 18.1. The van der Waals surface area contributed by atoms with Crippen molar-refractivity contribution in [2.75, 3.05) is 11.4 Å². The number of fused-ring (bicyclic) bond motifs is 1. The molecule has 1 N–H and O–H groups in total. The maximum Gasteiger partial charge on any atom is 0.221 e. The van der Waals surface area contributed by atoms with E-state index in [1.165, 1.54) is 12.1 Å². The number of aromatic nitrogens is 2. The van der Waals surface area contributed by atoms with Crippen LogP contribution in [-0.4, -0.2) is 28.5 Å². The number of amides is 1. The molecular formula is C25H25FN4O2. The van der Waals surface area contributed by atoms with Gasteiger partial charge >= 0.3 is 0 Å². The molecule has 4 aromatic rings. The molecule has 0 radical (unpaired) electrons. The minimum absolute atomic E-state index is 0.0263. The first-order valence-electron chi connectivity index (χ1n) is 10.6. The highest BCUT2D eigenvalue weighted by Crippen LogP contribution is 2.29. The Kier molecular flexibility index (Phi) is 6.44. The summed E-state index contributed by atoms with van der Waals surface area (Å²) >= 11 is 0. The van der Waals surface area contributed by atoms with Crippen molar-refractivity contribution >= 4 is 22.6 Å². The minimum atomic E-state index is -0.314. The van der Waals surface area contributed by atoms with E-state index in [0.717, 1.165) is 16.7 Å². The Labute approximate surface area is 186 Å². The van der Waals surface area contributed by atoms with Crippen LogP contribution in [0, 0.1) is 5.82 Å². The van der Waals surface area contributed by atoms with Crippen molar-refractivity contribution in [3.05, 3.63) is 78.5 Å². The van der Waals surface area contributed by atoms with E-state index in [1.54, 1.807) is 18.4 Å². The predicted octanol–water partition coefficient (Wildman–Crippen LogP) is 4.95. The minimum Gasteiger partial charge on any atom is -0.467 e. The number of halogens is 1. The first kappa shape index (κ1) is 21.5. The van der Waals surface area contributed by atoms with Crippen LogP contribution in [0.5, 0.6) is 0 Å². The third kappa shape index (κ3) is 5.11. The third-order valence-corrected chi connectivity index (χ3v) is 4.97. The largest absolute Gasteiger partial charge is 0.467 e. The summed E-state index contributed by atoms with van der Waals surface area (Å²) in [5, 5.41) is 3.80. The fraction of sp³-hybridized carbons (Fsp3) is 0.240. The van der Waals surface area contributed by atoms with Crippen LogP contribution in [-0.2, 0) is 11.3 Å². The lowest BCUT2D eigenvalue weighted by Gasteiger charge is -2.24. The van der Waals surface area contributed by atoms with Crippen LogP contribution < -0.4 is 10.2 Å². The Morgan fingerprint density at radius 3 is 2.56 bits per heavy atom. The summed E-state index contributed by atoms with van der Waals surface area (Å²) in [5.41, 5.74) is 1.49. The van der Waals surface area contributed by atoms with Gasteiger partial charge in [0, 0.05) is 30.0 Å². The zero-order valence-corrected chi connectivity index (χ0v) is 18.1. The fourth-order valence-electron chi connectivity index (χ4n) is 3.51. The molecule has 164 valence electrons. The maximum atomic E-state index is 13.4. The SMILES string of the molecule is CC(C)NC(=O)CCN(Cc1ccco1)c1nc(-c2ccc(F)cc2)nc2ccccc12. The van der Waals surface area contributed by atoms with Crippen LogP contribution in [0.3, 0.4) is 0 Å². The van der Waals surface area contributed by atoms with Gasteiger partial charge in [0.05, 0.1) is 18.3 Å². The second-order valence-corrected chi connectivity index (χ2v) is 7.87. The van der Waals surface area contributed by atoms with E-state index >= 15 is 0 Å². The second-order valence-electron chi connectivity index (χ2n) is 7.87. The molecular weight excluding hydrogens is 407 g/mol. The molecule has 0 saturated carbocycles. The molecule has 1 amide bonds. The van der Waals surface area contributed by atoms with Gasteiger partial charge in [0.15, 0.2) is 5.82 Å². The average molecular weight is 432 g/mol. The number of carbonyl (C=O) groups is 1. The molecule has 0 aliphatic carbocycles. The quantitative estimate of drug-likeness (QED) is 0.427. The van der Waals surface area contributed by atoms with Crippen LogP contribution in [0.4, 0.5) is 10.2 Å². The molecule has 0 fully saturated rings. The topological polar surface area (TPSA) is 71.3 Å². The Hall–Kier alpha value is -3.74. The lowest BCUT2D eigenvalue weighted by atomic mass is 10.1. The molecule has 6 nitrogen and oxygen atoms in total. The first-order valence-corrected chi connectivity index (χ1v) is 10.6. The monoisotopic (exact) mass is 432 g/mol. The van der Waals surface area contributed by atoms with E-state index in [4.69, 9.17) is 9.40 Å². The van der Waals surface area contributed by atoms with E-state index in [2.05, 4.69) is 10.3 Å². The van der Waals surface area contributed by atoms with Crippen LogP contribution in [0.2, 0.25) is 0 Å². The van der Waals surface area contributed by atoms with Crippen LogP contribution in [0.15, 0.2) is 71.3 Å². The van der Waals surface area contributed by atoms with E-state index in [0.29, 0.717) is 36.7 Å². The number of para-hydroxylation sites is 1. The number of rotatable bonds is 8. The number of hydrogen-bond acceptors (Lipinski definition) is 5. The molecule has 4 rings (SSSR count). The molecule has 0 aliphatic heterocycles. The zero-order chi connectivity index (χ0) is 22.5. The number of anilines is 1. The van der Waals surface area contributed by atoms with Gasteiger partial charge in [-0.15, -0.1) is 0 Å². The van der Waals surface area contributed by atoms with E-state index < -0.39 is 0 Å². The predicted molar refractivity (Wildman–Crippen MR) is 123 cm³/mol. The van der Waals surface area contributed by atoms with Crippen molar-refractivity contribution in [3.8, 4) is 11.4 Å². The average Bonchev–Trinajstić information content (AvgIpc) is 3.29. The summed E-state index contributed by atoms with van der Waals surface area (Å²) in [7, 11) is 0. The van der Waals surface area contributed by atoms with Gasteiger partial charge in [-0.2, -0.15) is 0 Å². The third-order valence-electron chi connectivity index (χ3n) is 4.97. The summed E-state index contributed by atoms with van der Waals surface area (Å²) in [4.78, 5) is 23.9. The van der Waals surface area contributed by atoms with Gasteiger partial charge in [-0.05, 0) is 62.4 Å². The number of nitrogens with zero attached hydrogens (tertiary/aromatic N) is 3. The van der Waals surface area contributed by atoms with Crippen LogP contribution >= 0.6 is 0 Å². The normalized spacial score (nSPS) is 11.1. The fourth-order valence-corrected chi connectivity index (χ4v) is 3.51. The number of hydrogen-bond donors (Lipinski definition) is 1. The Bertz CT molecular complexity index is 1190. The molecule has 2 aromatic carbocycles. The van der Waals surface area contributed by atoms with Gasteiger partial charge in [-0.3, -0.25) is 4.79 Å². The Morgan fingerprint density at radius 1 is 1.06 bits per heavy atom. The summed E-state index contributed by atoms with van der Waals surface area (Å²) < 4.78 is 19.0. The Morgan fingerprint density at radius 2 is 1.84 bits per heavy atom. The Balaban J connectivity index is 1.75. The van der Waals surface area contributed by atoms with Gasteiger partial charge in [-0.1, -0.05) is 12.1 Å². The summed E-state index contributed by atoms with van der Waals surface area (Å²) in [6.07, 6.45) is 1.93. The number of furan rings is 1. The van der Waals surface area contributed by atoms with Crippen molar-refractivity contribution in [1.29, 1.82) is 0 Å². The van der Waals surface area contributed by atoms with Crippen LogP contribution in [0.1, 0.15) is 26.0 Å². The highest BCUT2D eigenvalue weighted by atomic mass is 19.1. The van der Waals surface area contributed by atoms with Crippen LogP contribution in [0.25, 0.3) is 22.3 Å². The summed E-state index contributed by atoms with van der Waals surface area (Å²) in [5.74, 6) is 1.62. The molecule has 2 heterocycles. The molecule has 0 bridgehead atoms. The standard InChI is InChI=1S/C25H25FN4O2/c1-17(2)27-23(31)13-14-30(16-20-6-5-15-32-20)25-21-7-3-4-8-22(21)28-24(29-25)18-9-11-19(26)12-10-18/h3-12,15,17H,13-14,16H2,1-2H3,(H,27,31). The molecule has 0 atom stereocenters. The van der Waals surface area contributed by atoms with E-state index in [9.17, 15) is 9.18 Å². The number of benzene rings is 2. The molecule has 0 spiro atoms. The lowest BCUT2D eigenvalue weighted by molar-refractivity contribution is -0.121. The van der Waals surface area contributed by atoms with Gasteiger partial charge < -0.3 is 14.6 Å². The highest BCUT2D eigenvalue weighted by Gasteiger charge is 2.18. The highest BCUT2D eigenvalue weighted by molar-refractivity contribution is 5.91. The van der Waals surface area contributed by atoms with Crippen molar-refractivity contribution in [1.82, 2.24) is 15.3 Å². The smallest absolute Gasteiger partial charge is 0.221 e. The van der Waals surface area contributed by atoms with Crippen molar-refractivity contribution in [3.63, 3.8) is 0 Å². The second kappa shape index (κ2) is 9.60. The van der Waals surface area contributed by atoms with Gasteiger partial charge in [-0.25, -0.2) is 14.4 Å².